The first-order valence-electron chi connectivity index (χ1n) is 5.43. The third-order valence-corrected chi connectivity index (χ3v) is 4.32. The van der Waals surface area contributed by atoms with Crippen molar-refractivity contribution >= 4 is 44.6 Å². The number of hydrogen-bond acceptors (Lipinski definition) is 3. The normalized spacial score (nSPS) is 11.4. The van der Waals surface area contributed by atoms with Crippen LogP contribution >= 0.6 is 23.2 Å². The molecule has 21 heavy (non-hydrogen) atoms. The van der Waals surface area contributed by atoms with Gasteiger partial charge in [0.2, 0.25) is 0 Å². The number of nitrogens with one attached hydrogen (secondary N) is 1. The SMILES string of the molecule is Nc1cc(Cl)cc(S(=O)(=O)Nc2ccc(Cl)cc2F)c1F. The van der Waals surface area contributed by atoms with E-state index in [1.807, 2.05) is 4.72 Å². The van der Waals surface area contributed by atoms with Crippen molar-refractivity contribution in [3.05, 3.63) is 52.0 Å². The predicted octanol–water partition coefficient (Wildman–Crippen LogP) is 3.65. The Bertz CT molecular complexity index is 813. The second kappa shape index (κ2) is 5.67. The Hall–Kier alpha value is -1.57. The number of nitrogen functional groups attached to an aromatic ring is 1. The Labute approximate surface area is 129 Å². The lowest BCUT2D eigenvalue weighted by Crippen LogP contribution is -2.16. The topological polar surface area (TPSA) is 72.2 Å². The van der Waals surface area contributed by atoms with Crippen LogP contribution in [0.25, 0.3) is 0 Å². The van der Waals surface area contributed by atoms with Crippen LogP contribution in [0.3, 0.4) is 0 Å². The molecule has 0 atom stereocenters. The van der Waals surface area contributed by atoms with Crippen molar-refractivity contribution in [1.29, 1.82) is 0 Å². The first-order chi connectivity index (χ1) is 9.70. The lowest BCUT2D eigenvalue weighted by molar-refractivity contribution is 0.572. The van der Waals surface area contributed by atoms with Crippen LogP contribution in [0.1, 0.15) is 0 Å². The Morgan fingerprint density at radius 2 is 1.71 bits per heavy atom. The molecule has 0 radical (unpaired) electrons. The van der Waals surface area contributed by atoms with E-state index in [-0.39, 0.29) is 15.7 Å². The van der Waals surface area contributed by atoms with Gasteiger partial charge in [-0.2, -0.15) is 0 Å². The maximum atomic E-state index is 13.8. The molecule has 0 heterocycles. The summed E-state index contributed by atoms with van der Waals surface area (Å²) in [6.45, 7) is 0. The van der Waals surface area contributed by atoms with Crippen LogP contribution in [-0.4, -0.2) is 8.42 Å². The smallest absolute Gasteiger partial charge is 0.265 e. The fourth-order valence-corrected chi connectivity index (χ4v) is 3.20. The summed E-state index contributed by atoms with van der Waals surface area (Å²) in [6.07, 6.45) is 0. The molecule has 0 saturated carbocycles. The summed E-state index contributed by atoms with van der Waals surface area (Å²) in [5, 5.41) is 0.0273. The van der Waals surface area contributed by atoms with Crippen LogP contribution in [0.2, 0.25) is 10.0 Å². The molecule has 2 aromatic rings. The molecule has 0 fully saturated rings. The van der Waals surface area contributed by atoms with Gasteiger partial charge in [0.05, 0.1) is 11.4 Å². The molecule has 0 spiro atoms. The predicted molar refractivity (Wildman–Crippen MR) is 78.0 cm³/mol. The van der Waals surface area contributed by atoms with E-state index in [4.69, 9.17) is 28.9 Å². The van der Waals surface area contributed by atoms with Gasteiger partial charge in [0.1, 0.15) is 10.7 Å². The van der Waals surface area contributed by atoms with Gasteiger partial charge in [-0.05, 0) is 30.3 Å². The summed E-state index contributed by atoms with van der Waals surface area (Å²) in [5.74, 6) is -2.07. The van der Waals surface area contributed by atoms with Crippen LogP contribution in [0, 0.1) is 11.6 Å². The minimum Gasteiger partial charge on any atom is -0.396 e. The maximum absolute atomic E-state index is 13.8. The number of benzene rings is 2. The van der Waals surface area contributed by atoms with Crippen molar-refractivity contribution in [2.45, 2.75) is 4.90 Å². The van der Waals surface area contributed by atoms with E-state index in [0.717, 1.165) is 24.3 Å². The molecule has 0 aliphatic rings. The molecule has 2 aromatic carbocycles. The molecule has 0 unspecified atom stereocenters. The number of rotatable bonds is 3. The first kappa shape index (κ1) is 15.8. The van der Waals surface area contributed by atoms with E-state index in [9.17, 15) is 17.2 Å². The zero-order valence-electron chi connectivity index (χ0n) is 10.2. The second-order valence-corrected chi connectivity index (χ2v) is 6.56. The highest BCUT2D eigenvalue weighted by Crippen LogP contribution is 2.28. The zero-order valence-corrected chi connectivity index (χ0v) is 12.5. The number of sulfonamides is 1. The van der Waals surface area contributed by atoms with E-state index in [1.54, 1.807) is 0 Å². The van der Waals surface area contributed by atoms with Crippen LogP contribution in [0.5, 0.6) is 0 Å². The summed E-state index contributed by atoms with van der Waals surface area (Å²) >= 11 is 11.2. The van der Waals surface area contributed by atoms with Crippen molar-refractivity contribution in [3.8, 4) is 0 Å². The third-order valence-electron chi connectivity index (χ3n) is 2.50. The van der Waals surface area contributed by atoms with Gasteiger partial charge in [0.25, 0.3) is 10.0 Å². The fourth-order valence-electron chi connectivity index (χ4n) is 1.55. The Kier molecular flexibility index (Phi) is 4.27. The number of hydrogen-bond donors (Lipinski definition) is 2. The zero-order chi connectivity index (χ0) is 15.8. The van der Waals surface area contributed by atoms with Crippen molar-refractivity contribution < 1.29 is 17.2 Å². The van der Waals surface area contributed by atoms with Crippen LogP contribution < -0.4 is 10.5 Å². The summed E-state index contributed by atoms with van der Waals surface area (Å²) < 4.78 is 53.5. The van der Waals surface area contributed by atoms with Gasteiger partial charge in [-0.1, -0.05) is 23.2 Å². The number of anilines is 2. The largest absolute Gasteiger partial charge is 0.396 e. The molecule has 4 nitrogen and oxygen atoms in total. The highest BCUT2D eigenvalue weighted by Gasteiger charge is 2.23. The third kappa shape index (κ3) is 3.37. The van der Waals surface area contributed by atoms with Gasteiger partial charge in [0, 0.05) is 10.0 Å². The number of nitrogens with two attached hydrogens (primary N) is 1. The average molecular weight is 353 g/mol. The molecule has 0 bridgehead atoms. The minimum absolute atomic E-state index is 0.0640. The monoisotopic (exact) mass is 352 g/mol. The van der Waals surface area contributed by atoms with Crippen molar-refractivity contribution in [1.82, 2.24) is 0 Å². The van der Waals surface area contributed by atoms with Gasteiger partial charge in [-0.3, -0.25) is 4.72 Å². The highest BCUT2D eigenvalue weighted by molar-refractivity contribution is 7.92. The van der Waals surface area contributed by atoms with Crippen LogP contribution in [-0.2, 0) is 10.0 Å². The molecule has 112 valence electrons. The van der Waals surface area contributed by atoms with E-state index < -0.39 is 32.2 Å². The Morgan fingerprint density at radius 3 is 2.33 bits per heavy atom. The molecule has 3 N–H and O–H groups in total. The van der Waals surface area contributed by atoms with Gasteiger partial charge < -0.3 is 5.73 Å². The van der Waals surface area contributed by atoms with Crippen molar-refractivity contribution in [3.63, 3.8) is 0 Å². The quantitative estimate of drug-likeness (QED) is 0.828. The van der Waals surface area contributed by atoms with Crippen molar-refractivity contribution in [2.75, 3.05) is 10.5 Å². The summed E-state index contributed by atoms with van der Waals surface area (Å²) in [5.41, 5.74) is 4.51. The van der Waals surface area contributed by atoms with Crippen LogP contribution in [0.4, 0.5) is 20.2 Å². The maximum Gasteiger partial charge on any atom is 0.265 e. The summed E-state index contributed by atoms with van der Waals surface area (Å²) in [4.78, 5) is -0.776. The lowest BCUT2D eigenvalue weighted by Gasteiger charge is -2.11. The summed E-state index contributed by atoms with van der Waals surface area (Å²) in [7, 11) is -4.40. The van der Waals surface area contributed by atoms with Gasteiger partial charge in [0.15, 0.2) is 5.82 Å². The highest BCUT2D eigenvalue weighted by atomic mass is 35.5. The average Bonchev–Trinajstić information content (AvgIpc) is 2.37. The fraction of sp³-hybridized carbons (Fsp3) is 0. The molecule has 0 saturated heterocycles. The van der Waals surface area contributed by atoms with Gasteiger partial charge >= 0.3 is 0 Å². The Morgan fingerprint density at radius 1 is 1.05 bits per heavy atom. The van der Waals surface area contributed by atoms with Gasteiger partial charge in [-0.15, -0.1) is 0 Å². The molecule has 0 aliphatic heterocycles. The molecular weight excluding hydrogens is 345 g/mol. The van der Waals surface area contributed by atoms with E-state index >= 15 is 0 Å². The van der Waals surface area contributed by atoms with Gasteiger partial charge in [-0.25, -0.2) is 17.2 Å². The second-order valence-electron chi connectivity index (χ2n) is 4.04. The van der Waals surface area contributed by atoms with E-state index in [2.05, 4.69) is 0 Å². The van der Waals surface area contributed by atoms with E-state index in [0.29, 0.717) is 0 Å². The Balaban J connectivity index is 2.48. The molecule has 2 rings (SSSR count). The molecular formula is C12H8Cl2F2N2O2S. The summed E-state index contributed by atoms with van der Waals surface area (Å²) in [6, 6.07) is 5.26. The van der Waals surface area contributed by atoms with Crippen molar-refractivity contribution in [2.24, 2.45) is 0 Å². The van der Waals surface area contributed by atoms with E-state index in [1.165, 1.54) is 6.07 Å². The standard InChI is InChI=1S/C12H8Cl2F2N2O2S/c13-6-1-2-10(8(15)3-6)18-21(19,20)11-5-7(14)4-9(17)12(11)16/h1-5,18H,17H2. The molecule has 0 aliphatic carbocycles. The minimum atomic E-state index is -4.40. The first-order valence-corrected chi connectivity index (χ1v) is 7.67. The lowest BCUT2D eigenvalue weighted by atomic mass is 10.3. The molecule has 0 aromatic heterocycles. The number of halogens is 4. The molecule has 0 amide bonds. The van der Waals surface area contributed by atoms with Crippen LogP contribution in [0.15, 0.2) is 35.2 Å². The molecule has 9 heteroatoms.